The first-order valence-corrected chi connectivity index (χ1v) is 19.4. The Bertz CT molecular complexity index is 1070. The molecule has 0 aliphatic heterocycles. The fraction of sp³-hybridized carbons (Fsp3) is 0.630. The number of unbranched alkanes of at least 4 members (excludes halogenated alkanes) is 24. The third-order valence-corrected chi connectivity index (χ3v) is 8.27. The molecule has 1 unspecified atom stereocenters. The van der Waals surface area contributed by atoms with Crippen LogP contribution >= 0.6 is 0 Å². The van der Waals surface area contributed by atoms with Crippen LogP contribution < -0.4 is 0 Å². The Balaban J connectivity index is 3.50. The lowest BCUT2D eigenvalue weighted by atomic mass is 10.0. The van der Waals surface area contributed by atoms with Crippen molar-refractivity contribution >= 4 is 5.78 Å². The van der Waals surface area contributed by atoms with Crippen LogP contribution in [0.3, 0.4) is 0 Å². The summed E-state index contributed by atoms with van der Waals surface area (Å²) in [4.78, 5) is 11.8. The molecule has 2 heteroatoms. The van der Waals surface area contributed by atoms with Gasteiger partial charge < -0.3 is 5.11 Å². The molecule has 2 nitrogen and oxygen atoms in total. The van der Waals surface area contributed by atoms with E-state index >= 15 is 0 Å². The molecule has 0 amide bonds. The van der Waals surface area contributed by atoms with Crippen molar-refractivity contribution < 1.29 is 9.90 Å². The van der Waals surface area contributed by atoms with E-state index in [-0.39, 0.29) is 5.78 Å². The van der Waals surface area contributed by atoms with Crippen molar-refractivity contribution in [3.05, 3.63) is 48.6 Å². The zero-order valence-electron chi connectivity index (χ0n) is 30.5. The Morgan fingerprint density at radius 1 is 0.500 bits per heavy atom. The van der Waals surface area contributed by atoms with Crippen LogP contribution in [0.1, 0.15) is 180 Å². The summed E-state index contributed by atoms with van der Waals surface area (Å²) in [5.41, 5.74) is 0. The summed E-state index contributed by atoms with van der Waals surface area (Å²) in [6.45, 7) is 0. The molecule has 0 rings (SSSR count). The zero-order valence-corrected chi connectivity index (χ0v) is 30.5. The van der Waals surface area contributed by atoms with Gasteiger partial charge in [-0.05, 0) is 101 Å². The lowest BCUT2D eigenvalue weighted by molar-refractivity contribution is -0.108. The van der Waals surface area contributed by atoms with E-state index in [4.69, 9.17) is 12.8 Å². The molecule has 1 atom stereocenters. The van der Waals surface area contributed by atoms with Crippen LogP contribution in [0.2, 0.25) is 0 Å². The number of allylic oxidation sites excluding steroid dienone is 7. The summed E-state index contributed by atoms with van der Waals surface area (Å²) in [5.74, 6) is 15.7. The zero-order chi connectivity index (χ0) is 34.9. The lowest BCUT2D eigenvalue weighted by Gasteiger charge is -2.03. The van der Waals surface area contributed by atoms with Gasteiger partial charge in [-0.15, -0.1) is 18.8 Å². The van der Waals surface area contributed by atoms with E-state index in [9.17, 15) is 9.90 Å². The number of hydrogen-bond acceptors (Lipinski definition) is 2. The van der Waals surface area contributed by atoms with Crippen molar-refractivity contribution in [1.29, 1.82) is 0 Å². The minimum Gasteiger partial charge on any atom is -0.377 e. The molecular weight excluding hydrogens is 585 g/mol. The molecule has 0 aliphatic rings. The molecule has 48 heavy (non-hydrogen) atoms. The smallest absolute Gasteiger partial charge is 0.279 e. The van der Waals surface area contributed by atoms with Crippen LogP contribution in [-0.4, -0.2) is 17.0 Å². The summed E-state index contributed by atoms with van der Waals surface area (Å²) in [6, 6.07) is 0. The maximum atomic E-state index is 11.8. The molecule has 0 fully saturated rings. The molecule has 0 aromatic rings. The van der Waals surface area contributed by atoms with Gasteiger partial charge in [0, 0.05) is 12.8 Å². The van der Waals surface area contributed by atoms with Gasteiger partial charge in [0.25, 0.3) is 5.78 Å². The van der Waals surface area contributed by atoms with Gasteiger partial charge in [0.15, 0.2) is 0 Å². The van der Waals surface area contributed by atoms with E-state index in [0.29, 0.717) is 0 Å². The first-order valence-electron chi connectivity index (χ1n) is 19.4. The molecule has 0 aromatic heterocycles. The van der Waals surface area contributed by atoms with Crippen molar-refractivity contribution in [2.45, 2.75) is 186 Å². The van der Waals surface area contributed by atoms with Crippen LogP contribution in [0, 0.1) is 48.4 Å². The highest BCUT2D eigenvalue weighted by Crippen LogP contribution is 2.14. The monoisotopic (exact) mass is 653 g/mol. The van der Waals surface area contributed by atoms with Crippen molar-refractivity contribution in [2.24, 2.45) is 0 Å². The summed E-state index contributed by atoms with van der Waals surface area (Å²) in [6.07, 6.45) is 60.2. The number of terminal acetylenes is 2. The average Bonchev–Trinajstić information content (AvgIpc) is 3.09. The first-order chi connectivity index (χ1) is 23.7. The molecule has 0 aromatic carbocycles. The van der Waals surface area contributed by atoms with Gasteiger partial charge in [-0.3, -0.25) is 4.79 Å². The topological polar surface area (TPSA) is 37.3 Å². The van der Waals surface area contributed by atoms with Crippen LogP contribution in [0.15, 0.2) is 48.6 Å². The van der Waals surface area contributed by atoms with Crippen LogP contribution in [-0.2, 0) is 4.79 Å². The third kappa shape index (κ3) is 39.0. The molecule has 0 saturated heterocycles. The number of carbonyl (C=O) groups is 1. The Hall–Kier alpha value is -3.17. The van der Waals surface area contributed by atoms with E-state index in [1.165, 1.54) is 116 Å². The predicted molar refractivity (Wildman–Crippen MR) is 210 cm³/mol. The number of carbonyl (C=O) groups excluding carboxylic acids is 1. The second-order valence-corrected chi connectivity index (χ2v) is 12.8. The molecular formula is C46H68O2. The summed E-state index contributed by atoms with van der Waals surface area (Å²) in [5, 5.41) is 9.25. The van der Waals surface area contributed by atoms with Crippen LogP contribution in [0.25, 0.3) is 0 Å². The second-order valence-electron chi connectivity index (χ2n) is 12.8. The average molecular weight is 653 g/mol. The van der Waals surface area contributed by atoms with Gasteiger partial charge in [0.1, 0.15) is 6.10 Å². The summed E-state index contributed by atoms with van der Waals surface area (Å²) >= 11 is 0. The highest BCUT2D eigenvalue weighted by atomic mass is 16.3. The Labute approximate surface area is 297 Å². The van der Waals surface area contributed by atoms with Crippen molar-refractivity contribution in [2.75, 3.05) is 0 Å². The number of Topliss-reactive ketones (excluding diaryl/α,β-unsaturated/α-hetero) is 1. The number of aliphatic hydroxyl groups excluding tert-OH is 1. The van der Waals surface area contributed by atoms with Gasteiger partial charge in [-0.25, -0.2) is 0 Å². The first kappa shape index (κ1) is 44.8. The molecule has 0 heterocycles. The number of ketones is 1. The van der Waals surface area contributed by atoms with Gasteiger partial charge in [0.2, 0.25) is 0 Å². The van der Waals surface area contributed by atoms with Crippen LogP contribution in [0.5, 0.6) is 0 Å². The van der Waals surface area contributed by atoms with E-state index in [0.717, 1.165) is 64.2 Å². The van der Waals surface area contributed by atoms with Gasteiger partial charge in [-0.2, -0.15) is 0 Å². The van der Waals surface area contributed by atoms with Crippen LogP contribution in [0.4, 0.5) is 0 Å². The maximum absolute atomic E-state index is 11.8. The number of hydrogen-bond donors (Lipinski definition) is 1. The standard InChI is InChI=1S/C46H68O2/c1-3-5-6-7-8-9-10-11-12-13-14-15-16-17-18-19-20-21-25-28-31-34-37-40-43-46(48)44-41-38-35-32-29-26-23-22-24-27-30-33-36-39-42-45(47)4-2/h1-2,21,23,25-26,34,37,39,42,45,47H,5-20,22,24,27-33,35-36,38H2/b25-21-,26-23-,37-34-,42-39+. The highest BCUT2D eigenvalue weighted by molar-refractivity contribution is 6.08. The van der Waals surface area contributed by atoms with E-state index in [1.54, 1.807) is 12.2 Å². The van der Waals surface area contributed by atoms with Gasteiger partial charge in [0.05, 0.1) is 0 Å². The number of rotatable bonds is 31. The predicted octanol–water partition coefficient (Wildman–Crippen LogP) is 12.3. The molecule has 0 bridgehead atoms. The fourth-order valence-corrected chi connectivity index (χ4v) is 5.33. The minimum atomic E-state index is -0.749. The largest absolute Gasteiger partial charge is 0.377 e. The van der Waals surface area contributed by atoms with Crippen molar-refractivity contribution in [1.82, 2.24) is 0 Å². The number of aliphatic hydroxyl groups is 1. The minimum absolute atomic E-state index is 0.296. The molecule has 1 N–H and O–H groups in total. The quantitative estimate of drug-likeness (QED) is 0.0350. The molecule has 0 radical (unpaired) electrons. The Morgan fingerprint density at radius 3 is 1.44 bits per heavy atom. The highest BCUT2D eigenvalue weighted by Gasteiger charge is 1.95. The van der Waals surface area contributed by atoms with Gasteiger partial charge in [-0.1, -0.05) is 144 Å². The summed E-state index contributed by atoms with van der Waals surface area (Å²) in [7, 11) is 0. The van der Waals surface area contributed by atoms with E-state index in [1.807, 2.05) is 12.2 Å². The van der Waals surface area contributed by atoms with E-state index < -0.39 is 6.10 Å². The van der Waals surface area contributed by atoms with Crippen molar-refractivity contribution in [3.8, 4) is 48.4 Å². The molecule has 264 valence electrons. The second kappa shape index (κ2) is 40.0. The van der Waals surface area contributed by atoms with Gasteiger partial charge >= 0.3 is 0 Å². The summed E-state index contributed by atoms with van der Waals surface area (Å²) < 4.78 is 0. The molecule has 0 aliphatic carbocycles. The Morgan fingerprint density at radius 2 is 0.917 bits per heavy atom. The van der Waals surface area contributed by atoms with E-state index in [2.05, 4.69) is 59.8 Å². The molecule has 0 saturated carbocycles. The normalized spacial score (nSPS) is 11.8. The molecule has 0 spiro atoms. The third-order valence-electron chi connectivity index (χ3n) is 8.27. The van der Waals surface area contributed by atoms with Crippen molar-refractivity contribution in [3.63, 3.8) is 0 Å². The maximum Gasteiger partial charge on any atom is 0.279 e. The fourth-order valence-electron chi connectivity index (χ4n) is 5.33. The lowest BCUT2D eigenvalue weighted by Crippen LogP contribution is -1.95. The Kier molecular flexibility index (Phi) is 37.4. The SMILES string of the molecule is C#CCCCCCCCCCCCCCCCC/C=C\CC/C=C\C#CC(=O)C#CCCCC/C=C\CCCCCC/C=C/C(O)C#C.